The van der Waals surface area contributed by atoms with Gasteiger partial charge in [-0.25, -0.2) is 9.59 Å². The Morgan fingerprint density at radius 1 is 1.30 bits per heavy atom. The van der Waals surface area contributed by atoms with Crippen molar-refractivity contribution in [1.29, 1.82) is 0 Å². The molecule has 1 fully saturated rings. The zero-order valence-electron chi connectivity index (χ0n) is 16.0. The van der Waals surface area contributed by atoms with Crippen molar-refractivity contribution < 1.29 is 23.9 Å². The molecule has 27 heavy (non-hydrogen) atoms. The lowest BCUT2D eigenvalue weighted by molar-refractivity contribution is -0.151. The van der Waals surface area contributed by atoms with Crippen LogP contribution in [0.5, 0.6) is 0 Å². The van der Waals surface area contributed by atoms with Gasteiger partial charge in [-0.05, 0) is 58.2 Å². The molecular weight excluding hydrogens is 372 g/mol. The van der Waals surface area contributed by atoms with E-state index in [9.17, 15) is 14.4 Å². The molecule has 1 atom stereocenters. The summed E-state index contributed by atoms with van der Waals surface area (Å²) in [6.45, 7) is 7.12. The first-order chi connectivity index (χ1) is 12.6. The maximum Gasteiger partial charge on any atom is 0.411 e. The van der Waals surface area contributed by atoms with Gasteiger partial charge in [0.25, 0.3) is 5.91 Å². The zero-order chi connectivity index (χ0) is 20.2. The summed E-state index contributed by atoms with van der Waals surface area (Å²) < 4.78 is 10.4. The summed E-state index contributed by atoms with van der Waals surface area (Å²) in [7, 11) is 0. The summed E-state index contributed by atoms with van der Waals surface area (Å²) >= 11 is 6.07. The third kappa shape index (κ3) is 6.13. The van der Waals surface area contributed by atoms with Crippen molar-refractivity contribution in [2.45, 2.75) is 52.2 Å². The number of benzene rings is 1. The monoisotopic (exact) mass is 396 g/mol. The first kappa shape index (κ1) is 21.0. The van der Waals surface area contributed by atoms with Crippen molar-refractivity contribution in [3.8, 4) is 0 Å². The fourth-order valence-corrected chi connectivity index (χ4v) is 2.97. The molecule has 0 spiro atoms. The number of nitrogens with one attached hydrogen (secondary N) is 1. The highest BCUT2D eigenvalue weighted by atomic mass is 35.5. The first-order valence-electron chi connectivity index (χ1n) is 8.79. The standard InChI is InChI=1S/C19H25ClN2O5/c1-12-7-8-14(13(20)10-12)21-16(23)11-26-17(24)15-6-5-9-22(15)18(25)27-19(2,3)4/h7-8,10,15H,5-6,9,11H2,1-4H3,(H,21,23)/t15-/m1/s1. The Balaban J connectivity index is 1.88. The van der Waals surface area contributed by atoms with Crippen LogP contribution in [0.3, 0.4) is 0 Å². The molecule has 2 rings (SSSR count). The van der Waals surface area contributed by atoms with Crippen molar-refractivity contribution in [1.82, 2.24) is 4.90 Å². The summed E-state index contributed by atoms with van der Waals surface area (Å²) in [5.74, 6) is -1.13. The van der Waals surface area contributed by atoms with Crippen LogP contribution in [0, 0.1) is 6.92 Å². The van der Waals surface area contributed by atoms with Crippen molar-refractivity contribution in [3.63, 3.8) is 0 Å². The van der Waals surface area contributed by atoms with Gasteiger partial charge in [-0.15, -0.1) is 0 Å². The van der Waals surface area contributed by atoms with Crippen LogP contribution < -0.4 is 5.32 Å². The second-order valence-electron chi connectivity index (χ2n) is 7.47. The van der Waals surface area contributed by atoms with Gasteiger partial charge in [0.15, 0.2) is 6.61 Å². The Morgan fingerprint density at radius 3 is 2.63 bits per heavy atom. The van der Waals surface area contributed by atoms with Gasteiger partial charge >= 0.3 is 12.1 Å². The van der Waals surface area contributed by atoms with E-state index in [4.69, 9.17) is 21.1 Å². The second kappa shape index (κ2) is 8.61. The maximum atomic E-state index is 12.3. The molecular formula is C19H25ClN2O5. The highest BCUT2D eigenvalue weighted by Crippen LogP contribution is 2.23. The number of aryl methyl sites for hydroxylation is 1. The lowest BCUT2D eigenvalue weighted by atomic mass is 10.2. The quantitative estimate of drug-likeness (QED) is 0.787. The van der Waals surface area contributed by atoms with Gasteiger partial charge in [0, 0.05) is 6.54 Å². The highest BCUT2D eigenvalue weighted by Gasteiger charge is 2.37. The molecule has 0 unspecified atom stereocenters. The molecule has 0 aliphatic carbocycles. The maximum absolute atomic E-state index is 12.3. The van der Waals surface area contributed by atoms with E-state index < -0.39 is 36.2 Å². The lowest BCUT2D eigenvalue weighted by Crippen LogP contribution is -2.44. The van der Waals surface area contributed by atoms with Crippen LogP contribution in [0.4, 0.5) is 10.5 Å². The van der Waals surface area contributed by atoms with E-state index in [1.807, 2.05) is 13.0 Å². The number of hydrogen-bond acceptors (Lipinski definition) is 5. The number of amides is 2. The molecule has 1 aromatic rings. The average Bonchev–Trinajstić information content (AvgIpc) is 3.03. The molecule has 7 nitrogen and oxygen atoms in total. The van der Waals surface area contributed by atoms with E-state index in [1.165, 1.54) is 4.90 Å². The summed E-state index contributed by atoms with van der Waals surface area (Å²) in [6.07, 6.45) is 0.589. The minimum absolute atomic E-state index is 0.404. The molecule has 0 radical (unpaired) electrons. The molecule has 1 aliphatic heterocycles. The Kier molecular flexibility index (Phi) is 6.70. The molecule has 148 valence electrons. The Hall–Kier alpha value is -2.28. The number of esters is 1. The predicted octanol–water partition coefficient (Wildman–Crippen LogP) is 3.53. The number of likely N-dealkylation sites (tertiary alicyclic amines) is 1. The fraction of sp³-hybridized carbons (Fsp3) is 0.526. The second-order valence-corrected chi connectivity index (χ2v) is 7.88. The molecule has 0 saturated carbocycles. The SMILES string of the molecule is Cc1ccc(NC(=O)COC(=O)[C@H]2CCCN2C(=O)OC(C)(C)C)c(Cl)c1. The Morgan fingerprint density at radius 2 is 2.00 bits per heavy atom. The van der Waals surface area contributed by atoms with E-state index in [0.29, 0.717) is 30.1 Å². The molecule has 8 heteroatoms. The van der Waals surface area contributed by atoms with Crippen molar-refractivity contribution in [2.24, 2.45) is 0 Å². The molecule has 0 aromatic heterocycles. The molecule has 1 heterocycles. The predicted molar refractivity (Wildman–Crippen MR) is 102 cm³/mol. The number of rotatable bonds is 4. The number of ether oxygens (including phenoxy) is 2. The van der Waals surface area contributed by atoms with Crippen molar-refractivity contribution in [3.05, 3.63) is 28.8 Å². The molecule has 1 N–H and O–H groups in total. The summed E-state index contributed by atoms with van der Waals surface area (Å²) in [5.41, 5.74) is 0.758. The Bertz CT molecular complexity index is 729. The van der Waals surface area contributed by atoms with Crippen LogP contribution in [0.15, 0.2) is 18.2 Å². The van der Waals surface area contributed by atoms with Crippen molar-refractivity contribution >= 4 is 35.3 Å². The first-order valence-corrected chi connectivity index (χ1v) is 9.17. The molecule has 2 amide bonds. The van der Waals surface area contributed by atoms with Gasteiger partial charge in [-0.1, -0.05) is 17.7 Å². The van der Waals surface area contributed by atoms with E-state index in [2.05, 4.69) is 5.32 Å². The van der Waals surface area contributed by atoms with E-state index in [0.717, 1.165) is 5.56 Å². The number of hydrogen-bond donors (Lipinski definition) is 1. The van der Waals surface area contributed by atoms with Crippen LogP contribution in [0.1, 0.15) is 39.2 Å². The number of nitrogens with zero attached hydrogens (tertiary/aromatic N) is 1. The average molecular weight is 397 g/mol. The smallest absolute Gasteiger partial charge is 0.411 e. The van der Waals surface area contributed by atoms with Gasteiger partial charge in [-0.2, -0.15) is 0 Å². The topological polar surface area (TPSA) is 84.9 Å². The molecule has 1 aromatic carbocycles. The summed E-state index contributed by atoms with van der Waals surface area (Å²) in [6, 6.07) is 4.47. The van der Waals surface area contributed by atoms with E-state index >= 15 is 0 Å². The van der Waals surface area contributed by atoms with Crippen LogP contribution in [0.2, 0.25) is 5.02 Å². The Labute approximate surface area is 163 Å². The van der Waals surface area contributed by atoms with Gasteiger partial charge in [-0.3, -0.25) is 9.69 Å². The number of anilines is 1. The van der Waals surface area contributed by atoms with Crippen LogP contribution in [-0.4, -0.2) is 47.7 Å². The zero-order valence-corrected chi connectivity index (χ0v) is 16.8. The molecule has 1 aliphatic rings. The van der Waals surface area contributed by atoms with Gasteiger partial charge in [0.2, 0.25) is 0 Å². The summed E-state index contributed by atoms with van der Waals surface area (Å²) in [4.78, 5) is 37.9. The third-order valence-electron chi connectivity index (χ3n) is 3.90. The lowest BCUT2D eigenvalue weighted by Gasteiger charge is -2.27. The van der Waals surface area contributed by atoms with Gasteiger partial charge in [0.05, 0.1) is 10.7 Å². The van der Waals surface area contributed by atoms with Crippen molar-refractivity contribution in [2.75, 3.05) is 18.5 Å². The van der Waals surface area contributed by atoms with Gasteiger partial charge in [0.1, 0.15) is 11.6 Å². The number of carbonyl (C=O) groups excluding carboxylic acids is 3. The highest BCUT2D eigenvalue weighted by molar-refractivity contribution is 6.33. The van der Waals surface area contributed by atoms with Crippen LogP contribution >= 0.6 is 11.6 Å². The third-order valence-corrected chi connectivity index (χ3v) is 4.21. The van der Waals surface area contributed by atoms with Crippen LogP contribution in [-0.2, 0) is 19.1 Å². The largest absolute Gasteiger partial charge is 0.454 e. The van der Waals surface area contributed by atoms with Crippen LogP contribution in [0.25, 0.3) is 0 Å². The molecule has 1 saturated heterocycles. The minimum Gasteiger partial charge on any atom is -0.454 e. The van der Waals surface area contributed by atoms with E-state index in [-0.39, 0.29) is 0 Å². The number of carbonyl (C=O) groups is 3. The normalized spacial score (nSPS) is 16.8. The summed E-state index contributed by atoms with van der Waals surface area (Å²) in [5, 5.41) is 3.00. The molecule has 0 bridgehead atoms. The number of halogens is 1. The minimum atomic E-state index is -0.740. The fourth-order valence-electron chi connectivity index (χ4n) is 2.69. The van der Waals surface area contributed by atoms with Gasteiger partial charge < -0.3 is 14.8 Å². The van der Waals surface area contributed by atoms with E-state index in [1.54, 1.807) is 32.9 Å².